The van der Waals surface area contributed by atoms with E-state index in [9.17, 15) is 0 Å². The number of aryl methyl sites for hydroxylation is 1. The standard InChI is InChI=1S/C14H18N2O/c1-10-5-4-6-11(9-10)13-12-7-2-3-8-16(12)14(15)17-13/h4-6,9,12-13,15H,2-3,7-8H2,1H3/t12-,13-/m1/s1. The average molecular weight is 230 g/mol. The largest absolute Gasteiger partial charge is 0.455 e. The summed E-state index contributed by atoms with van der Waals surface area (Å²) in [5.74, 6) is 0. The molecule has 90 valence electrons. The molecule has 0 unspecified atom stereocenters. The third kappa shape index (κ3) is 1.79. The third-order valence-electron chi connectivity index (χ3n) is 3.77. The minimum atomic E-state index is 0.0581. The van der Waals surface area contributed by atoms with E-state index in [0.29, 0.717) is 12.1 Å². The summed E-state index contributed by atoms with van der Waals surface area (Å²) >= 11 is 0. The van der Waals surface area contributed by atoms with Crippen molar-refractivity contribution in [2.75, 3.05) is 6.54 Å². The van der Waals surface area contributed by atoms with Crippen LogP contribution in [0, 0.1) is 12.3 Å². The van der Waals surface area contributed by atoms with Crippen LogP contribution in [0.5, 0.6) is 0 Å². The summed E-state index contributed by atoms with van der Waals surface area (Å²) in [5.41, 5.74) is 2.47. The Kier molecular flexibility index (Phi) is 2.54. The molecule has 0 saturated carbocycles. The fourth-order valence-corrected chi connectivity index (χ4v) is 2.93. The van der Waals surface area contributed by atoms with Crippen LogP contribution in [0.15, 0.2) is 24.3 Å². The smallest absolute Gasteiger partial charge is 0.285 e. The topological polar surface area (TPSA) is 36.3 Å². The Balaban J connectivity index is 1.91. The van der Waals surface area contributed by atoms with Gasteiger partial charge in [0.1, 0.15) is 6.10 Å². The third-order valence-corrected chi connectivity index (χ3v) is 3.77. The Labute approximate surface area is 102 Å². The first-order valence-corrected chi connectivity index (χ1v) is 6.34. The molecule has 2 aliphatic rings. The molecule has 3 rings (SSSR count). The highest BCUT2D eigenvalue weighted by molar-refractivity contribution is 5.73. The van der Waals surface area contributed by atoms with E-state index in [1.165, 1.54) is 24.0 Å². The van der Waals surface area contributed by atoms with Gasteiger partial charge >= 0.3 is 0 Å². The number of nitrogens with one attached hydrogen (secondary N) is 1. The molecule has 1 aromatic carbocycles. The van der Waals surface area contributed by atoms with E-state index < -0.39 is 0 Å². The number of fused-ring (bicyclic) bond motifs is 1. The van der Waals surface area contributed by atoms with Crippen LogP contribution >= 0.6 is 0 Å². The molecule has 0 aromatic heterocycles. The van der Waals surface area contributed by atoms with Crippen molar-refractivity contribution < 1.29 is 4.74 Å². The molecule has 3 heteroatoms. The van der Waals surface area contributed by atoms with Gasteiger partial charge < -0.3 is 9.64 Å². The zero-order valence-electron chi connectivity index (χ0n) is 10.1. The second kappa shape index (κ2) is 4.06. The van der Waals surface area contributed by atoms with Crippen LogP contribution < -0.4 is 0 Å². The summed E-state index contributed by atoms with van der Waals surface area (Å²) in [7, 11) is 0. The Morgan fingerprint density at radius 2 is 2.24 bits per heavy atom. The normalized spacial score (nSPS) is 27.8. The summed E-state index contributed by atoms with van der Waals surface area (Å²) < 4.78 is 5.76. The van der Waals surface area contributed by atoms with Crippen LogP contribution in [0.4, 0.5) is 0 Å². The molecule has 2 heterocycles. The summed E-state index contributed by atoms with van der Waals surface area (Å²) in [6, 6.07) is 9.20. The van der Waals surface area contributed by atoms with Crippen LogP contribution in [0.1, 0.15) is 36.5 Å². The van der Waals surface area contributed by atoms with Gasteiger partial charge in [-0.3, -0.25) is 5.41 Å². The van der Waals surface area contributed by atoms with Crippen LogP contribution in [-0.4, -0.2) is 23.5 Å². The number of hydrogen-bond acceptors (Lipinski definition) is 2. The highest BCUT2D eigenvalue weighted by Gasteiger charge is 2.41. The molecule has 1 aromatic rings. The zero-order chi connectivity index (χ0) is 11.8. The molecule has 2 saturated heterocycles. The number of piperidine rings is 1. The summed E-state index contributed by atoms with van der Waals surface area (Å²) in [4.78, 5) is 2.12. The molecule has 17 heavy (non-hydrogen) atoms. The van der Waals surface area contributed by atoms with Crippen LogP contribution in [-0.2, 0) is 4.74 Å². The van der Waals surface area contributed by atoms with Gasteiger partial charge in [0.15, 0.2) is 0 Å². The number of rotatable bonds is 1. The lowest BCUT2D eigenvalue weighted by Gasteiger charge is -2.29. The predicted molar refractivity (Wildman–Crippen MR) is 67.1 cm³/mol. The molecule has 1 N–H and O–H groups in total. The summed E-state index contributed by atoms with van der Waals surface area (Å²) in [5, 5.41) is 7.91. The Hall–Kier alpha value is -1.51. The Bertz CT molecular complexity index is 444. The maximum absolute atomic E-state index is 7.91. The minimum Gasteiger partial charge on any atom is -0.455 e. The van der Waals surface area contributed by atoms with Gasteiger partial charge in [0.05, 0.1) is 6.04 Å². The van der Waals surface area contributed by atoms with Crippen LogP contribution in [0.2, 0.25) is 0 Å². The van der Waals surface area contributed by atoms with Gasteiger partial charge in [-0.25, -0.2) is 0 Å². The molecular weight excluding hydrogens is 212 g/mol. The zero-order valence-corrected chi connectivity index (χ0v) is 10.1. The van der Waals surface area contributed by atoms with Crippen molar-refractivity contribution in [3.05, 3.63) is 35.4 Å². The number of ether oxygens (including phenoxy) is 1. The van der Waals surface area contributed by atoms with Crippen molar-refractivity contribution in [3.63, 3.8) is 0 Å². The summed E-state index contributed by atoms with van der Waals surface area (Å²) in [6.07, 6.45) is 3.63. The lowest BCUT2D eigenvalue weighted by atomic mass is 9.94. The van der Waals surface area contributed by atoms with Crippen molar-refractivity contribution in [2.24, 2.45) is 0 Å². The van der Waals surface area contributed by atoms with E-state index in [2.05, 4.69) is 36.1 Å². The first-order valence-electron chi connectivity index (χ1n) is 6.34. The second-order valence-electron chi connectivity index (χ2n) is 5.01. The molecule has 0 radical (unpaired) electrons. The maximum atomic E-state index is 7.91. The number of hydrogen-bond donors (Lipinski definition) is 1. The molecule has 0 amide bonds. The quantitative estimate of drug-likeness (QED) is 0.805. The van der Waals surface area contributed by atoms with Gasteiger partial charge in [0, 0.05) is 6.54 Å². The van der Waals surface area contributed by atoms with Crippen LogP contribution in [0.3, 0.4) is 0 Å². The maximum Gasteiger partial charge on any atom is 0.285 e. The molecule has 2 aliphatic heterocycles. The lowest BCUT2D eigenvalue weighted by Crippen LogP contribution is -2.38. The van der Waals surface area contributed by atoms with Crippen molar-refractivity contribution in [1.29, 1.82) is 5.41 Å². The van der Waals surface area contributed by atoms with Gasteiger partial charge in [0.25, 0.3) is 6.02 Å². The highest BCUT2D eigenvalue weighted by atomic mass is 16.5. The van der Waals surface area contributed by atoms with E-state index in [-0.39, 0.29) is 6.10 Å². The monoisotopic (exact) mass is 230 g/mol. The van der Waals surface area contributed by atoms with Crippen molar-refractivity contribution in [1.82, 2.24) is 4.90 Å². The number of nitrogens with zero attached hydrogens (tertiary/aromatic N) is 1. The predicted octanol–water partition coefficient (Wildman–Crippen LogP) is 2.86. The molecule has 0 spiro atoms. The van der Waals surface area contributed by atoms with Crippen molar-refractivity contribution >= 4 is 6.02 Å². The van der Waals surface area contributed by atoms with Gasteiger partial charge in [0.2, 0.25) is 0 Å². The van der Waals surface area contributed by atoms with Crippen molar-refractivity contribution in [3.8, 4) is 0 Å². The highest BCUT2D eigenvalue weighted by Crippen LogP contribution is 2.37. The molecule has 2 atom stereocenters. The van der Waals surface area contributed by atoms with E-state index in [4.69, 9.17) is 10.1 Å². The molecular formula is C14H18N2O. The van der Waals surface area contributed by atoms with Gasteiger partial charge in [-0.15, -0.1) is 0 Å². The Morgan fingerprint density at radius 3 is 3.06 bits per heavy atom. The van der Waals surface area contributed by atoms with Crippen LogP contribution in [0.25, 0.3) is 0 Å². The lowest BCUT2D eigenvalue weighted by molar-refractivity contribution is 0.167. The van der Waals surface area contributed by atoms with E-state index in [1.807, 2.05) is 0 Å². The fourth-order valence-electron chi connectivity index (χ4n) is 2.93. The van der Waals surface area contributed by atoms with Crippen molar-refractivity contribution in [2.45, 2.75) is 38.3 Å². The van der Waals surface area contributed by atoms with Gasteiger partial charge in [-0.2, -0.15) is 0 Å². The molecule has 3 nitrogen and oxygen atoms in total. The van der Waals surface area contributed by atoms with E-state index >= 15 is 0 Å². The number of amidine groups is 1. The Morgan fingerprint density at radius 1 is 1.35 bits per heavy atom. The fraction of sp³-hybridized carbons (Fsp3) is 0.500. The first kappa shape index (κ1) is 10.6. The first-order chi connectivity index (χ1) is 8.25. The molecule has 2 fully saturated rings. The van der Waals surface area contributed by atoms with Gasteiger partial charge in [-0.1, -0.05) is 29.8 Å². The molecule has 0 aliphatic carbocycles. The second-order valence-corrected chi connectivity index (χ2v) is 5.01. The van der Waals surface area contributed by atoms with E-state index in [1.54, 1.807) is 0 Å². The molecule has 0 bridgehead atoms. The summed E-state index contributed by atoms with van der Waals surface area (Å²) in [6.45, 7) is 3.08. The minimum absolute atomic E-state index is 0.0581. The number of benzene rings is 1. The average Bonchev–Trinajstić information content (AvgIpc) is 2.68. The SMILES string of the molecule is Cc1cccc([C@H]2OC(=N)N3CCCC[C@H]23)c1. The van der Waals surface area contributed by atoms with E-state index in [0.717, 1.165) is 13.0 Å². The van der Waals surface area contributed by atoms with Gasteiger partial charge in [-0.05, 0) is 31.7 Å².